The lowest BCUT2D eigenvalue weighted by atomic mass is 10.2. The highest BCUT2D eigenvalue weighted by Crippen LogP contribution is 2.28. The summed E-state index contributed by atoms with van der Waals surface area (Å²) >= 11 is 0. The Hall–Kier alpha value is -3.35. The van der Waals surface area contributed by atoms with Crippen molar-refractivity contribution in [3.05, 3.63) is 66.0 Å². The monoisotopic (exact) mass is 398 g/mol. The maximum absolute atomic E-state index is 12.9. The third-order valence-corrected chi connectivity index (χ3v) is 4.68. The van der Waals surface area contributed by atoms with E-state index in [0.717, 1.165) is 11.4 Å². The zero-order chi connectivity index (χ0) is 20.6. The molecule has 0 N–H and O–H groups in total. The van der Waals surface area contributed by atoms with Gasteiger partial charge in [-0.2, -0.15) is 0 Å². The summed E-state index contributed by atoms with van der Waals surface area (Å²) in [5.41, 5.74) is 1.67. The maximum atomic E-state index is 12.9. The second kappa shape index (κ2) is 9.73. The van der Waals surface area contributed by atoms with Crippen molar-refractivity contribution < 1.29 is 23.5 Å². The molecule has 29 heavy (non-hydrogen) atoms. The summed E-state index contributed by atoms with van der Waals surface area (Å²) < 4.78 is 23.3. The molecular formula is C22H23FN2O4. The first-order chi connectivity index (χ1) is 14.1. The number of amides is 1. The molecule has 7 heteroatoms. The largest absolute Gasteiger partial charge is 0.495 e. The summed E-state index contributed by atoms with van der Waals surface area (Å²) in [6.07, 6.45) is 2.73. The highest BCUT2D eigenvalue weighted by atomic mass is 19.1. The third kappa shape index (κ3) is 5.57. The molecule has 0 radical (unpaired) electrons. The maximum Gasteiger partial charge on any atom is 0.331 e. The summed E-state index contributed by atoms with van der Waals surface area (Å²) in [5.74, 6) is -0.390. The number of methoxy groups -OCH3 is 1. The molecule has 2 aromatic rings. The van der Waals surface area contributed by atoms with E-state index in [1.165, 1.54) is 24.3 Å². The predicted octanol–water partition coefficient (Wildman–Crippen LogP) is 2.74. The van der Waals surface area contributed by atoms with E-state index >= 15 is 0 Å². The van der Waals surface area contributed by atoms with Crippen LogP contribution in [0.5, 0.6) is 5.75 Å². The minimum absolute atomic E-state index is 0.229. The highest BCUT2D eigenvalue weighted by Gasteiger charge is 2.23. The average molecular weight is 398 g/mol. The SMILES string of the molecule is COc1ccccc1N1CCN(C(=O)COC(=O)/C=C/c2ccc(F)cc2)CC1. The predicted molar refractivity (Wildman–Crippen MR) is 108 cm³/mol. The Morgan fingerprint density at radius 2 is 1.72 bits per heavy atom. The molecule has 0 unspecified atom stereocenters. The van der Waals surface area contributed by atoms with Gasteiger partial charge >= 0.3 is 5.97 Å². The fourth-order valence-electron chi connectivity index (χ4n) is 3.10. The Kier molecular flexibility index (Phi) is 6.84. The summed E-state index contributed by atoms with van der Waals surface area (Å²) in [5, 5.41) is 0. The van der Waals surface area contributed by atoms with E-state index in [4.69, 9.17) is 9.47 Å². The number of rotatable bonds is 6. The van der Waals surface area contributed by atoms with Gasteiger partial charge in [-0.1, -0.05) is 24.3 Å². The van der Waals surface area contributed by atoms with E-state index in [1.807, 2.05) is 24.3 Å². The Morgan fingerprint density at radius 3 is 2.41 bits per heavy atom. The van der Waals surface area contributed by atoms with Crippen LogP contribution in [0.15, 0.2) is 54.6 Å². The zero-order valence-corrected chi connectivity index (χ0v) is 16.2. The van der Waals surface area contributed by atoms with Gasteiger partial charge in [-0.3, -0.25) is 4.79 Å². The van der Waals surface area contributed by atoms with Gasteiger partial charge in [-0.15, -0.1) is 0 Å². The van der Waals surface area contributed by atoms with E-state index in [9.17, 15) is 14.0 Å². The Morgan fingerprint density at radius 1 is 1.03 bits per heavy atom. The molecule has 0 aliphatic carbocycles. The summed E-state index contributed by atoms with van der Waals surface area (Å²) in [4.78, 5) is 28.0. The third-order valence-electron chi connectivity index (χ3n) is 4.68. The smallest absolute Gasteiger partial charge is 0.331 e. The second-order valence-corrected chi connectivity index (χ2v) is 6.53. The molecule has 0 bridgehead atoms. The summed E-state index contributed by atoms with van der Waals surface area (Å²) in [7, 11) is 1.64. The van der Waals surface area contributed by atoms with E-state index < -0.39 is 5.97 Å². The number of benzene rings is 2. The first kappa shape index (κ1) is 20.4. The van der Waals surface area contributed by atoms with Crippen LogP contribution >= 0.6 is 0 Å². The number of anilines is 1. The van der Waals surface area contributed by atoms with Gasteiger partial charge in [-0.05, 0) is 35.9 Å². The van der Waals surface area contributed by atoms with E-state index in [-0.39, 0.29) is 18.3 Å². The topological polar surface area (TPSA) is 59.1 Å². The van der Waals surface area contributed by atoms with Crippen molar-refractivity contribution in [2.24, 2.45) is 0 Å². The number of piperazine rings is 1. The van der Waals surface area contributed by atoms with Crippen LogP contribution < -0.4 is 9.64 Å². The molecule has 0 aromatic heterocycles. The standard InChI is InChI=1S/C22H23FN2O4/c1-28-20-5-3-2-4-19(20)24-12-14-25(15-13-24)21(26)16-29-22(27)11-8-17-6-9-18(23)10-7-17/h2-11H,12-16H2,1H3/b11-8+. The number of carbonyl (C=O) groups is 2. The first-order valence-corrected chi connectivity index (χ1v) is 9.33. The van der Waals surface area contributed by atoms with Crippen molar-refractivity contribution in [3.63, 3.8) is 0 Å². The van der Waals surface area contributed by atoms with Crippen molar-refractivity contribution in [1.29, 1.82) is 0 Å². The van der Waals surface area contributed by atoms with Crippen molar-refractivity contribution in [3.8, 4) is 5.75 Å². The first-order valence-electron chi connectivity index (χ1n) is 9.33. The molecule has 1 heterocycles. The number of halogens is 1. The van der Waals surface area contributed by atoms with Gasteiger partial charge in [0.1, 0.15) is 11.6 Å². The van der Waals surface area contributed by atoms with Crippen LogP contribution in [0.1, 0.15) is 5.56 Å². The molecule has 0 saturated carbocycles. The van der Waals surface area contributed by atoms with Crippen LogP contribution in [0.3, 0.4) is 0 Å². The fourth-order valence-corrected chi connectivity index (χ4v) is 3.10. The van der Waals surface area contributed by atoms with Crippen LogP contribution in [-0.4, -0.2) is 56.7 Å². The lowest BCUT2D eigenvalue weighted by Gasteiger charge is -2.36. The zero-order valence-electron chi connectivity index (χ0n) is 16.2. The number of hydrogen-bond donors (Lipinski definition) is 0. The molecule has 0 spiro atoms. The van der Waals surface area contributed by atoms with Gasteiger partial charge < -0.3 is 19.3 Å². The number of esters is 1. The number of para-hydroxylation sites is 2. The molecule has 1 aliphatic rings. The molecule has 3 rings (SSSR count). The van der Waals surface area contributed by atoms with Gasteiger partial charge in [0.2, 0.25) is 0 Å². The van der Waals surface area contributed by atoms with E-state index in [1.54, 1.807) is 24.1 Å². The number of hydrogen-bond acceptors (Lipinski definition) is 5. The number of carbonyl (C=O) groups excluding carboxylic acids is 2. The molecule has 152 valence electrons. The normalized spacial score (nSPS) is 14.1. The minimum Gasteiger partial charge on any atom is -0.495 e. The molecular weight excluding hydrogens is 375 g/mol. The van der Waals surface area contributed by atoms with Crippen LogP contribution in [0.2, 0.25) is 0 Å². The van der Waals surface area contributed by atoms with Crippen LogP contribution in [0.4, 0.5) is 10.1 Å². The lowest BCUT2D eigenvalue weighted by molar-refractivity contribution is -0.148. The van der Waals surface area contributed by atoms with Gasteiger partial charge in [-0.25, -0.2) is 9.18 Å². The van der Waals surface area contributed by atoms with Crippen LogP contribution in [0, 0.1) is 5.82 Å². The van der Waals surface area contributed by atoms with Crippen LogP contribution in [-0.2, 0) is 14.3 Å². The average Bonchev–Trinajstić information content (AvgIpc) is 2.77. The van der Waals surface area contributed by atoms with Crippen molar-refractivity contribution in [1.82, 2.24) is 4.90 Å². The van der Waals surface area contributed by atoms with Crippen molar-refractivity contribution >= 4 is 23.6 Å². The van der Waals surface area contributed by atoms with Gasteiger partial charge in [0, 0.05) is 32.3 Å². The van der Waals surface area contributed by atoms with Crippen molar-refractivity contribution in [2.75, 3.05) is 44.8 Å². The molecule has 1 amide bonds. The number of nitrogens with zero attached hydrogens (tertiary/aromatic N) is 2. The summed E-state index contributed by atoms with van der Waals surface area (Å²) in [6.45, 7) is 2.12. The van der Waals surface area contributed by atoms with E-state index in [0.29, 0.717) is 31.7 Å². The Bertz CT molecular complexity index is 875. The van der Waals surface area contributed by atoms with Crippen LogP contribution in [0.25, 0.3) is 6.08 Å². The van der Waals surface area contributed by atoms with Gasteiger partial charge in [0.15, 0.2) is 6.61 Å². The molecule has 1 fully saturated rings. The fraction of sp³-hybridized carbons (Fsp3) is 0.273. The quantitative estimate of drug-likeness (QED) is 0.553. The molecule has 6 nitrogen and oxygen atoms in total. The lowest BCUT2D eigenvalue weighted by Crippen LogP contribution is -2.50. The molecule has 2 aromatic carbocycles. The van der Waals surface area contributed by atoms with Gasteiger partial charge in [0.25, 0.3) is 5.91 Å². The number of ether oxygens (including phenoxy) is 2. The molecule has 1 saturated heterocycles. The minimum atomic E-state index is -0.615. The second-order valence-electron chi connectivity index (χ2n) is 6.53. The molecule has 1 aliphatic heterocycles. The Labute approximate surface area is 169 Å². The van der Waals surface area contributed by atoms with Crippen molar-refractivity contribution in [2.45, 2.75) is 0 Å². The molecule has 0 atom stereocenters. The van der Waals surface area contributed by atoms with Gasteiger partial charge in [0.05, 0.1) is 12.8 Å². The van der Waals surface area contributed by atoms with E-state index in [2.05, 4.69) is 4.90 Å². The Balaban J connectivity index is 1.45. The highest BCUT2D eigenvalue weighted by molar-refractivity contribution is 5.89. The summed E-state index contributed by atoms with van der Waals surface area (Å²) in [6, 6.07) is 13.5.